The Morgan fingerprint density at radius 1 is 1.24 bits per heavy atom. The Morgan fingerprint density at radius 2 is 1.94 bits per heavy atom. The van der Waals surface area contributed by atoms with Gasteiger partial charge in [-0.2, -0.15) is 0 Å². The summed E-state index contributed by atoms with van der Waals surface area (Å²) in [5, 5.41) is 0. The zero-order valence-electron chi connectivity index (χ0n) is 10.9. The Hall–Kier alpha value is -1.42. The van der Waals surface area contributed by atoms with Crippen LogP contribution in [0.2, 0.25) is 0 Å². The van der Waals surface area contributed by atoms with Crippen molar-refractivity contribution in [3.63, 3.8) is 0 Å². The van der Waals surface area contributed by atoms with E-state index >= 15 is 0 Å². The number of anilines is 3. The molecule has 1 saturated heterocycles. The third-order valence-corrected chi connectivity index (χ3v) is 3.69. The first-order valence-corrected chi connectivity index (χ1v) is 6.07. The van der Waals surface area contributed by atoms with Gasteiger partial charge in [0.15, 0.2) is 0 Å². The summed E-state index contributed by atoms with van der Waals surface area (Å²) in [6, 6.07) is 7.08. The van der Waals surface area contributed by atoms with Crippen LogP contribution >= 0.6 is 0 Å². The van der Waals surface area contributed by atoms with E-state index in [1.54, 1.807) is 0 Å². The quantitative estimate of drug-likeness (QED) is 0.759. The van der Waals surface area contributed by atoms with Gasteiger partial charge in [0.1, 0.15) is 0 Å². The second kappa shape index (κ2) is 4.45. The van der Waals surface area contributed by atoms with Gasteiger partial charge in [0.05, 0.1) is 11.4 Å². The van der Waals surface area contributed by atoms with Gasteiger partial charge in [-0.1, -0.05) is 0 Å². The Labute approximate surface area is 103 Å². The van der Waals surface area contributed by atoms with E-state index in [-0.39, 0.29) is 0 Å². The van der Waals surface area contributed by atoms with E-state index in [0.717, 1.165) is 6.54 Å². The second-order valence-corrected chi connectivity index (χ2v) is 5.17. The summed E-state index contributed by atoms with van der Waals surface area (Å²) in [4.78, 5) is 4.69. The molecular weight excluding hydrogens is 212 g/mol. The van der Waals surface area contributed by atoms with Crippen LogP contribution in [0.4, 0.5) is 17.1 Å². The minimum Gasteiger partial charge on any atom is -0.397 e. The van der Waals surface area contributed by atoms with Crippen LogP contribution in [0.3, 0.4) is 0 Å². The summed E-state index contributed by atoms with van der Waals surface area (Å²) in [6.07, 6.45) is 1.19. The van der Waals surface area contributed by atoms with Crippen molar-refractivity contribution in [2.24, 2.45) is 0 Å². The molecule has 94 valence electrons. The summed E-state index contributed by atoms with van der Waals surface area (Å²) >= 11 is 0. The fraction of sp³-hybridized carbons (Fsp3) is 0.538. The molecule has 1 aromatic carbocycles. The minimum atomic E-state index is 0.547. The molecule has 0 spiro atoms. The van der Waals surface area contributed by atoms with Gasteiger partial charge >= 0.3 is 0 Å². The van der Waals surface area contributed by atoms with Crippen LogP contribution in [0.5, 0.6) is 0 Å². The zero-order chi connectivity index (χ0) is 12.6. The van der Waals surface area contributed by atoms with Crippen LogP contribution in [0.1, 0.15) is 13.3 Å². The highest BCUT2D eigenvalue weighted by Crippen LogP contribution is 2.30. The molecule has 2 rings (SSSR count). The van der Waals surface area contributed by atoms with Crippen molar-refractivity contribution in [1.29, 1.82) is 0 Å². The monoisotopic (exact) mass is 234 g/mol. The molecule has 1 fully saturated rings. The summed E-state index contributed by atoms with van der Waals surface area (Å²) in [5.41, 5.74) is 14.1. The summed E-state index contributed by atoms with van der Waals surface area (Å²) in [6.45, 7) is 3.31. The highest BCUT2D eigenvalue weighted by molar-refractivity contribution is 5.70. The van der Waals surface area contributed by atoms with Crippen LogP contribution in [0.25, 0.3) is 0 Å². The van der Waals surface area contributed by atoms with Crippen molar-refractivity contribution in [1.82, 2.24) is 4.90 Å². The van der Waals surface area contributed by atoms with Crippen molar-refractivity contribution in [3.8, 4) is 0 Å². The minimum absolute atomic E-state index is 0.547. The molecule has 17 heavy (non-hydrogen) atoms. The molecule has 4 nitrogen and oxygen atoms in total. The summed E-state index contributed by atoms with van der Waals surface area (Å²) < 4.78 is 0. The lowest BCUT2D eigenvalue weighted by atomic mass is 10.2. The molecule has 4 heteroatoms. The lowest BCUT2D eigenvalue weighted by Crippen LogP contribution is -2.32. The molecule has 0 saturated carbocycles. The van der Waals surface area contributed by atoms with Gasteiger partial charge in [-0.3, -0.25) is 0 Å². The molecular formula is C13H22N4. The van der Waals surface area contributed by atoms with E-state index in [1.165, 1.54) is 12.1 Å². The number of likely N-dealkylation sites (N-methyl/N-ethyl adjacent to an activating group) is 1. The van der Waals surface area contributed by atoms with E-state index in [4.69, 9.17) is 11.5 Å². The average molecular weight is 234 g/mol. The summed E-state index contributed by atoms with van der Waals surface area (Å²) in [7, 11) is 4.27. The van der Waals surface area contributed by atoms with Crippen LogP contribution in [-0.4, -0.2) is 37.6 Å². The molecule has 0 amide bonds. The topological polar surface area (TPSA) is 58.5 Å². The van der Waals surface area contributed by atoms with Crippen molar-refractivity contribution in [2.75, 3.05) is 37.0 Å². The number of benzene rings is 1. The standard InChI is InChI=1S/C13H22N4/c1-9-6-11(16(2)3)8-17(9)10-4-5-12(14)13(15)7-10/h4-5,7,9,11H,6,8,14-15H2,1-3H3. The average Bonchev–Trinajstić information content (AvgIpc) is 2.65. The number of nitrogens with two attached hydrogens (primary N) is 2. The first-order valence-electron chi connectivity index (χ1n) is 6.07. The summed E-state index contributed by atoms with van der Waals surface area (Å²) in [5.74, 6) is 0. The van der Waals surface area contributed by atoms with E-state index in [1.807, 2.05) is 12.1 Å². The van der Waals surface area contributed by atoms with Crippen molar-refractivity contribution in [2.45, 2.75) is 25.4 Å². The maximum atomic E-state index is 5.87. The third-order valence-electron chi connectivity index (χ3n) is 3.69. The fourth-order valence-electron chi connectivity index (χ4n) is 2.48. The maximum Gasteiger partial charge on any atom is 0.0568 e. The van der Waals surface area contributed by atoms with Crippen LogP contribution < -0.4 is 16.4 Å². The van der Waals surface area contributed by atoms with Crippen LogP contribution in [0.15, 0.2) is 18.2 Å². The number of rotatable bonds is 2. The molecule has 2 atom stereocenters. The largest absolute Gasteiger partial charge is 0.397 e. The molecule has 0 bridgehead atoms. The highest BCUT2D eigenvalue weighted by Gasteiger charge is 2.30. The number of nitrogens with zero attached hydrogens (tertiary/aromatic N) is 2. The van der Waals surface area contributed by atoms with Crippen molar-refractivity contribution in [3.05, 3.63) is 18.2 Å². The van der Waals surface area contributed by atoms with E-state index in [9.17, 15) is 0 Å². The lowest BCUT2D eigenvalue weighted by molar-refractivity contribution is 0.311. The van der Waals surface area contributed by atoms with Crippen molar-refractivity contribution < 1.29 is 0 Å². The molecule has 0 radical (unpaired) electrons. The predicted octanol–water partition coefficient (Wildman–Crippen LogP) is 1.38. The molecule has 1 aliphatic heterocycles. The predicted molar refractivity (Wildman–Crippen MR) is 74.2 cm³/mol. The van der Waals surface area contributed by atoms with Gasteiger partial charge < -0.3 is 21.3 Å². The van der Waals surface area contributed by atoms with Gasteiger partial charge in [-0.15, -0.1) is 0 Å². The lowest BCUT2D eigenvalue weighted by Gasteiger charge is -2.25. The van der Waals surface area contributed by atoms with Crippen molar-refractivity contribution >= 4 is 17.1 Å². The molecule has 1 aliphatic rings. The molecule has 0 aliphatic carbocycles. The number of nitrogen functional groups attached to an aromatic ring is 2. The SMILES string of the molecule is CC1CC(N(C)C)CN1c1ccc(N)c(N)c1. The van der Waals surface area contributed by atoms with Gasteiger partial charge in [-0.25, -0.2) is 0 Å². The van der Waals surface area contributed by atoms with E-state index < -0.39 is 0 Å². The van der Waals surface area contributed by atoms with Crippen LogP contribution in [-0.2, 0) is 0 Å². The Balaban J connectivity index is 2.20. The fourth-order valence-corrected chi connectivity index (χ4v) is 2.48. The molecule has 4 N–H and O–H groups in total. The smallest absolute Gasteiger partial charge is 0.0568 e. The molecule has 1 aromatic rings. The van der Waals surface area contributed by atoms with Gasteiger partial charge in [0.2, 0.25) is 0 Å². The van der Waals surface area contributed by atoms with Gasteiger partial charge in [0, 0.05) is 24.3 Å². The third kappa shape index (κ3) is 2.31. The molecule has 2 unspecified atom stereocenters. The van der Waals surface area contributed by atoms with Gasteiger partial charge in [0.25, 0.3) is 0 Å². The van der Waals surface area contributed by atoms with E-state index in [2.05, 4.69) is 36.9 Å². The number of hydrogen-bond acceptors (Lipinski definition) is 4. The normalized spacial score (nSPS) is 24.6. The Bertz CT molecular complexity index is 402. The highest BCUT2D eigenvalue weighted by atomic mass is 15.3. The molecule has 0 aromatic heterocycles. The number of hydrogen-bond donors (Lipinski definition) is 2. The molecule has 1 heterocycles. The van der Waals surface area contributed by atoms with Crippen LogP contribution in [0, 0.1) is 0 Å². The van der Waals surface area contributed by atoms with E-state index in [0.29, 0.717) is 23.5 Å². The maximum absolute atomic E-state index is 5.87. The Kier molecular flexibility index (Phi) is 3.15. The van der Waals surface area contributed by atoms with Gasteiger partial charge in [-0.05, 0) is 45.6 Å². The Morgan fingerprint density at radius 3 is 2.47 bits per heavy atom. The first-order chi connectivity index (χ1) is 7.99. The zero-order valence-corrected chi connectivity index (χ0v) is 10.9. The first kappa shape index (κ1) is 12.0. The second-order valence-electron chi connectivity index (χ2n) is 5.17.